The molecule has 1 saturated carbocycles. The second kappa shape index (κ2) is 6.89. The number of halogens is 1. The van der Waals surface area contributed by atoms with Crippen molar-refractivity contribution in [2.45, 2.75) is 51.5 Å². The van der Waals surface area contributed by atoms with Crippen molar-refractivity contribution < 1.29 is 4.39 Å². The highest BCUT2D eigenvalue weighted by atomic mass is 19.1. The van der Waals surface area contributed by atoms with Crippen molar-refractivity contribution in [3.63, 3.8) is 0 Å². The molecule has 1 N–H and O–H groups in total. The van der Waals surface area contributed by atoms with Gasteiger partial charge in [-0.15, -0.1) is 0 Å². The molecule has 1 unspecified atom stereocenters. The standard InChI is InChI=1S/C16H24FN/c1-2-16(14-9-5-6-10-15(14)17)18-12-11-13-7-3-4-8-13/h5-6,9-10,13,16,18H,2-4,7-8,11-12H2,1H3. The third-order valence-corrected chi connectivity index (χ3v) is 4.11. The van der Waals surface area contributed by atoms with Crippen LogP contribution in [0.1, 0.15) is 57.1 Å². The van der Waals surface area contributed by atoms with E-state index in [9.17, 15) is 4.39 Å². The van der Waals surface area contributed by atoms with Crippen molar-refractivity contribution in [3.05, 3.63) is 35.6 Å². The molecule has 0 heterocycles. The van der Waals surface area contributed by atoms with Crippen LogP contribution in [-0.2, 0) is 0 Å². The molecule has 1 nitrogen and oxygen atoms in total. The van der Waals surface area contributed by atoms with Gasteiger partial charge in [-0.05, 0) is 31.4 Å². The van der Waals surface area contributed by atoms with Crippen LogP contribution in [0.4, 0.5) is 4.39 Å². The molecule has 0 spiro atoms. The number of hydrogen-bond acceptors (Lipinski definition) is 1. The highest BCUT2D eigenvalue weighted by Crippen LogP contribution is 2.27. The predicted molar refractivity (Wildman–Crippen MR) is 74.0 cm³/mol. The zero-order chi connectivity index (χ0) is 12.8. The van der Waals surface area contributed by atoms with Gasteiger partial charge in [0.15, 0.2) is 0 Å². The highest BCUT2D eigenvalue weighted by molar-refractivity contribution is 5.21. The predicted octanol–water partition coefficient (Wildman–Crippen LogP) is 4.45. The average molecular weight is 249 g/mol. The van der Waals surface area contributed by atoms with Crippen LogP contribution >= 0.6 is 0 Å². The Morgan fingerprint density at radius 3 is 2.67 bits per heavy atom. The van der Waals surface area contributed by atoms with Crippen molar-refractivity contribution in [2.75, 3.05) is 6.54 Å². The number of nitrogens with one attached hydrogen (secondary N) is 1. The molecule has 1 atom stereocenters. The van der Waals surface area contributed by atoms with E-state index in [-0.39, 0.29) is 11.9 Å². The summed E-state index contributed by atoms with van der Waals surface area (Å²) in [6, 6.07) is 7.28. The summed E-state index contributed by atoms with van der Waals surface area (Å²) >= 11 is 0. The van der Waals surface area contributed by atoms with Gasteiger partial charge in [0.25, 0.3) is 0 Å². The minimum atomic E-state index is -0.0854. The molecular formula is C16H24FN. The van der Waals surface area contributed by atoms with E-state index in [0.717, 1.165) is 24.4 Å². The molecule has 1 aromatic carbocycles. The van der Waals surface area contributed by atoms with Gasteiger partial charge >= 0.3 is 0 Å². The van der Waals surface area contributed by atoms with E-state index < -0.39 is 0 Å². The molecule has 2 heteroatoms. The quantitative estimate of drug-likeness (QED) is 0.785. The van der Waals surface area contributed by atoms with Crippen LogP contribution in [0.5, 0.6) is 0 Å². The minimum absolute atomic E-state index is 0.0854. The molecular weight excluding hydrogens is 225 g/mol. The largest absolute Gasteiger partial charge is 0.310 e. The van der Waals surface area contributed by atoms with Gasteiger partial charge in [-0.3, -0.25) is 0 Å². The summed E-state index contributed by atoms with van der Waals surface area (Å²) in [6.07, 6.45) is 7.75. The maximum absolute atomic E-state index is 13.7. The van der Waals surface area contributed by atoms with Crippen LogP contribution in [0.2, 0.25) is 0 Å². The van der Waals surface area contributed by atoms with Crippen molar-refractivity contribution >= 4 is 0 Å². The molecule has 18 heavy (non-hydrogen) atoms. The highest BCUT2D eigenvalue weighted by Gasteiger charge is 2.16. The molecule has 0 saturated heterocycles. The van der Waals surface area contributed by atoms with E-state index in [2.05, 4.69) is 12.2 Å². The van der Waals surface area contributed by atoms with Gasteiger partial charge in [-0.2, -0.15) is 0 Å². The van der Waals surface area contributed by atoms with Gasteiger partial charge in [-0.1, -0.05) is 50.8 Å². The fourth-order valence-electron chi connectivity index (χ4n) is 2.99. The van der Waals surface area contributed by atoms with Crippen molar-refractivity contribution in [2.24, 2.45) is 5.92 Å². The lowest BCUT2D eigenvalue weighted by molar-refractivity contribution is 0.430. The summed E-state index contributed by atoms with van der Waals surface area (Å²) in [5, 5.41) is 3.51. The molecule has 1 fully saturated rings. The van der Waals surface area contributed by atoms with Gasteiger partial charge < -0.3 is 5.32 Å². The lowest BCUT2D eigenvalue weighted by atomic mass is 10.0. The average Bonchev–Trinajstić information content (AvgIpc) is 2.89. The van der Waals surface area contributed by atoms with Crippen LogP contribution in [0.3, 0.4) is 0 Å². The Hall–Kier alpha value is -0.890. The van der Waals surface area contributed by atoms with Crippen molar-refractivity contribution in [1.29, 1.82) is 0 Å². The molecule has 100 valence electrons. The maximum atomic E-state index is 13.7. The molecule has 1 aliphatic carbocycles. The second-order valence-electron chi connectivity index (χ2n) is 5.38. The normalized spacial score (nSPS) is 18.1. The Labute approximate surface area is 110 Å². The smallest absolute Gasteiger partial charge is 0.127 e. The Morgan fingerprint density at radius 1 is 1.28 bits per heavy atom. The molecule has 2 rings (SSSR count). The molecule has 0 aliphatic heterocycles. The first kappa shape index (κ1) is 13.5. The van der Waals surface area contributed by atoms with Crippen LogP contribution in [0.25, 0.3) is 0 Å². The van der Waals surface area contributed by atoms with E-state index in [1.807, 2.05) is 12.1 Å². The summed E-state index contributed by atoms with van der Waals surface area (Å²) < 4.78 is 13.7. The molecule has 0 amide bonds. The fourth-order valence-corrected chi connectivity index (χ4v) is 2.99. The fraction of sp³-hybridized carbons (Fsp3) is 0.625. The number of hydrogen-bond donors (Lipinski definition) is 1. The first-order chi connectivity index (χ1) is 8.81. The van der Waals surface area contributed by atoms with E-state index >= 15 is 0 Å². The van der Waals surface area contributed by atoms with E-state index in [1.165, 1.54) is 32.1 Å². The van der Waals surface area contributed by atoms with Crippen LogP contribution in [0, 0.1) is 11.7 Å². The van der Waals surface area contributed by atoms with Crippen LogP contribution in [-0.4, -0.2) is 6.54 Å². The maximum Gasteiger partial charge on any atom is 0.127 e. The summed E-state index contributed by atoms with van der Waals surface area (Å²) in [6.45, 7) is 3.12. The van der Waals surface area contributed by atoms with Gasteiger partial charge in [0.1, 0.15) is 5.82 Å². The zero-order valence-electron chi connectivity index (χ0n) is 11.3. The lowest BCUT2D eigenvalue weighted by Crippen LogP contribution is -2.24. The monoisotopic (exact) mass is 249 g/mol. The van der Waals surface area contributed by atoms with Crippen molar-refractivity contribution in [3.8, 4) is 0 Å². The number of rotatable bonds is 6. The van der Waals surface area contributed by atoms with Gasteiger partial charge in [0, 0.05) is 11.6 Å². The van der Waals surface area contributed by atoms with E-state index in [1.54, 1.807) is 12.1 Å². The first-order valence-electron chi connectivity index (χ1n) is 7.29. The van der Waals surface area contributed by atoms with Gasteiger partial charge in [0.2, 0.25) is 0 Å². The third-order valence-electron chi connectivity index (χ3n) is 4.11. The molecule has 1 aliphatic rings. The second-order valence-corrected chi connectivity index (χ2v) is 5.38. The Kier molecular flexibility index (Phi) is 5.18. The van der Waals surface area contributed by atoms with Gasteiger partial charge in [0.05, 0.1) is 0 Å². The van der Waals surface area contributed by atoms with Crippen molar-refractivity contribution in [1.82, 2.24) is 5.32 Å². The summed E-state index contributed by atoms with van der Waals surface area (Å²) in [5.41, 5.74) is 0.812. The third kappa shape index (κ3) is 3.55. The zero-order valence-corrected chi connectivity index (χ0v) is 11.3. The molecule has 1 aromatic rings. The molecule has 0 bridgehead atoms. The minimum Gasteiger partial charge on any atom is -0.310 e. The number of benzene rings is 1. The molecule has 0 radical (unpaired) electrons. The summed E-state index contributed by atoms with van der Waals surface area (Å²) in [5.74, 6) is 0.813. The van der Waals surface area contributed by atoms with Crippen LogP contribution < -0.4 is 5.32 Å². The Bertz CT molecular complexity index is 358. The van der Waals surface area contributed by atoms with E-state index in [0.29, 0.717) is 0 Å². The first-order valence-corrected chi connectivity index (χ1v) is 7.29. The Balaban J connectivity index is 1.83. The van der Waals surface area contributed by atoms with Gasteiger partial charge in [-0.25, -0.2) is 4.39 Å². The topological polar surface area (TPSA) is 12.0 Å². The van der Waals surface area contributed by atoms with Crippen LogP contribution in [0.15, 0.2) is 24.3 Å². The Morgan fingerprint density at radius 2 is 2.00 bits per heavy atom. The lowest BCUT2D eigenvalue weighted by Gasteiger charge is -2.19. The van der Waals surface area contributed by atoms with E-state index in [4.69, 9.17) is 0 Å². The summed E-state index contributed by atoms with van der Waals surface area (Å²) in [7, 11) is 0. The summed E-state index contributed by atoms with van der Waals surface area (Å²) in [4.78, 5) is 0. The molecule has 0 aromatic heterocycles. The SMILES string of the molecule is CCC(NCCC1CCCC1)c1ccccc1F.